The number of methoxy groups -OCH3 is 1. The summed E-state index contributed by atoms with van der Waals surface area (Å²) in [5.74, 6) is -1.17. The Kier molecular flexibility index (Phi) is 4.48. The van der Waals surface area contributed by atoms with Crippen LogP contribution in [0.3, 0.4) is 0 Å². The Morgan fingerprint density at radius 3 is 2.56 bits per heavy atom. The first-order valence-corrected chi connectivity index (χ1v) is 6.25. The first kappa shape index (κ1) is 14.7. The van der Waals surface area contributed by atoms with Gasteiger partial charge in [-0.2, -0.15) is 0 Å². The molecule has 5 nitrogen and oxygen atoms in total. The molecule has 6 heteroatoms. The van der Waals surface area contributed by atoms with Gasteiger partial charge >= 0.3 is 5.97 Å². The molecule has 0 saturated carbocycles. The van der Waals surface area contributed by atoms with Gasteiger partial charge in [-0.15, -0.1) is 11.3 Å². The van der Waals surface area contributed by atoms with E-state index in [1.807, 2.05) is 13.8 Å². The zero-order valence-corrected chi connectivity index (χ0v) is 11.7. The van der Waals surface area contributed by atoms with Crippen LogP contribution in [0, 0.1) is 6.92 Å². The Balaban J connectivity index is 2.71. The van der Waals surface area contributed by atoms with Crippen LogP contribution in [-0.4, -0.2) is 29.7 Å². The third kappa shape index (κ3) is 3.82. The molecule has 0 aromatic carbocycles. The lowest BCUT2D eigenvalue weighted by atomic mass is 10.1. The van der Waals surface area contributed by atoms with Crippen LogP contribution in [0.2, 0.25) is 0 Å². The van der Waals surface area contributed by atoms with Crippen LogP contribution in [0.25, 0.3) is 0 Å². The van der Waals surface area contributed by atoms with Gasteiger partial charge in [0.2, 0.25) is 5.91 Å². The monoisotopic (exact) mass is 271 g/mol. The second-order valence-corrected chi connectivity index (χ2v) is 5.67. The minimum atomic E-state index is -0.977. The van der Waals surface area contributed by atoms with Gasteiger partial charge in [-0.1, -0.05) is 0 Å². The van der Waals surface area contributed by atoms with E-state index in [1.165, 1.54) is 0 Å². The van der Waals surface area contributed by atoms with Crippen molar-refractivity contribution >= 4 is 28.2 Å². The predicted molar refractivity (Wildman–Crippen MR) is 70.4 cm³/mol. The number of amides is 1. The maximum absolute atomic E-state index is 11.7. The Labute approximate surface area is 110 Å². The van der Waals surface area contributed by atoms with Crippen molar-refractivity contribution in [2.75, 3.05) is 12.4 Å². The van der Waals surface area contributed by atoms with Gasteiger partial charge in [0, 0.05) is 7.11 Å². The number of nitrogens with one attached hydrogen (secondary N) is 1. The standard InChI is InChI=1S/C12H17NO4S/c1-7-5-9(18-10(7)11(15)16)13-8(14)6-12(2,3)17-4/h5H,6H2,1-4H3,(H,13,14)(H,15,16). The largest absolute Gasteiger partial charge is 0.477 e. The molecule has 0 bridgehead atoms. The molecule has 0 aliphatic heterocycles. The minimum absolute atomic E-state index is 0.194. The van der Waals surface area contributed by atoms with Crippen molar-refractivity contribution in [3.8, 4) is 0 Å². The first-order valence-electron chi connectivity index (χ1n) is 5.44. The molecular weight excluding hydrogens is 254 g/mol. The highest BCUT2D eigenvalue weighted by Gasteiger charge is 2.22. The highest BCUT2D eigenvalue weighted by Crippen LogP contribution is 2.27. The molecule has 0 aliphatic rings. The van der Waals surface area contributed by atoms with E-state index in [2.05, 4.69) is 5.32 Å². The topological polar surface area (TPSA) is 75.6 Å². The Morgan fingerprint density at radius 1 is 1.50 bits per heavy atom. The maximum atomic E-state index is 11.7. The van der Waals surface area contributed by atoms with Gasteiger partial charge in [0.1, 0.15) is 4.88 Å². The summed E-state index contributed by atoms with van der Waals surface area (Å²) >= 11 is 1.06. The summed E-state index contributed by atoms with van der Waals surface area (Å²) in [7, 11) is 1.55. The molecule has 1 rings (SSSR count). The summed E-state index contributed by atoms with van der Waals surface area (Å²) in [6.45, 7) is 5.33. The van der Waals surface area contributed by atoms with Gasteiger partial charge < -0.3 is 15.2 Å². The summed E-state index contributed by atoms with van der Waals surface area (Å²) in [6.07, 6.45) is 0.211. The maximum Gasteiger partial charge on any atom is 0.346 e. The van der Waals surface area contributed by atoms with Gasteiger partial charge in [0.05, 0.1) is 17.0 Å². The number of carboxylic acids is 1. The molecule has 18 heavy (non-hydrogen) atoms. The molecule has 0 atom stereocenters. The molecule has 1 aromatic rings. The van der Waals surface area contributed by atoms with E-state index in [0.717, 1.165) is 11.3 Å². The number of carbonyl (C=O) groups is 2. The van der Waals surface area contributed by atoms with E-state index in [4.69, 9.17) is 9.84 Å². The normalized spacial score (nSPS) is 11.3. The number of aromatic carboxylic acids is 1. The second-order valence-electron chi connectivity index (χ2n) is 4.62. The number of anilines is 1. The summed E-state index contributed by atoms with van der Waals surface area (Å²) < 4.78 is 5.16. The van der Waals surface area contributed by atoms with Crippen molar-refractivity contribution in [3.63, 3.8) is 0 Å². The molecule has 2 N–H and O–H groups in total. The van der Waals surface area contributed by atoms with Crippen molar-refractivity contribution in [1.82, 2.24) is 0 Å². The number of carbonyl (C=O) groups excluding carboxylic acids is 1. The van der Waals surface area contributed by atoms with Gasteiger partial charge in [0.25, 0.3) is 0 Å². The van der Waals surface area contributed by atoms with Crippen LogP contribution in [0.1, 0.15) is 35.5 Å². The van der Waals surface area contributed by atoms with Crippen LogP contribution < -0.4 is 5.32 Å². The number of thiophene rings is 1. The van der Waals surface area contributed by atoms with E-state index in [1.54, 1.807) is 20.1 Å². The molecule has 0 radical (unpaired) electrons. The summed E-state index contributed by atoms with van der Waals surface area (Å²) in [4.78, 5) is 22.9. The average Bonchev–Trinajstić information content (AvgIpc) is 2.58. The molecule has 0 fully saturated rings. The lowest BCUT2D eigenvalue weighted by molar-refractivity contribution is -0.121. The van der Waals surface area contributed by atoms with Crippen molar-refractivity contribution in [3.05, 3.63) is 16.5 Å². The van der Waals surface area contributed by atoms with Gasteiger partial charge in [-0.3, -0.25) is 4.79 Å². The highest BCUT2D eigenvalue weighted by molar-refractivity contribution is 7.18. The number of carboxylic acid groups (broad SMARTS) is 1. The Morgan fingerprint density at radius 2 is 2.11 bits per heavy atom. The molecule has 0 saturated heterocycles. The number of hydrogen-bond donors (Lipinski definition) is 2. The molecule has 0 aliphatic carbocycles. The molecular formula is C12H17NO4S. The van der Waals surface area contributed by atoms with Gasteiger partial charge in [-0.25, -0.2) is 4.79 Å². The molecule has 1 amide bonds. The molecule has 0 unspecified atom stereocenters. The quantitative estimate of drug-likeness (QED) is 0.862. The lowest BCUT2D eigenvalue weighted by Crippen LogP contribution is -2.29. The number of ether oxygens (including phenoxy) is 1. The van der Waals surface area contributed by atoms with E-state index in [0.29, 0.717) is 10.6 Å². The number of rotatable bonds is 5. The summed E-state index contributed by atoms with van der Waals surface area (Å²) in [5, 5.41) is 12.1. The van der Waals surface area contributed by atoms with Crippen molar-refractivity contribution < 1.29 is 19.4 Å². The number of hydrogen-bond acceptors (Lipinski definition) is 4. The molecule has 100 valence electrons. The van der Waals surface area contributed by atoms with Gasteiger partial charge in [-0.05, 0) is 32.4 Å². The fourth-order valence-electron chi connectivity index (χ4n) is 1.40. The fraction of sp³-hybridized carbons (Fsp3) is 0.500. The molecule has 0 spiro atoms. The molecule has 1 aromatic heterocycles. The van der Waals surface area contributed by atoms with E-state index in [9.17, 15) is 9.59 Å². The van der Waals surface area contributed by atoms with Crippen LogP contribution in [0.15, 0.2) is 6.07 Å². The minimum Gasteiger partial charge on any atom is -0.477 e. The van der Waals surface area contributed by atoms with Crippen molar-refractivity contribution in [2.24, 2.45) is 0 Å². The summed E-state index contributed by atoms with van der Waals surface area (Å²) in [5.41, 5.74) is 0.111. The highest BCUT2D eigenvalue weighted by atomic mass is 32.1. The van der Waals surface area contributed by atoms with Crippen LogP contribution >= 0.6 is 11.3 Å². The first-order chi connectivity index (χ1) is 8.25. The van der Waals surface area contributed by atoms with E-state index >= 15 is 0 Å². The lowest BCUT2D eigenvalue weighted by Gasteiger charge is -2.21. The summed E-state index contributed by atoms with van der Waals surface area (Å²) in [6, 6.07) is 1.66. The van der Waals surface area contributed by atoms with Crippen molar-refractivity contribution in [2.45, 2.75) is 32.8 Å². The van der Waals surface area contributed by atoms with E-state index < -0.39 is 11.6 Å². The fourth-order valence-corrected chi connectivity index (χ4v) is 2.32. The third-order valence-electron chi connectivity index (χ3n) is 2.51. The van der Waals surface area contributed by atoms with Gasteiger partial charge in [0.15, 0.2) is 0 Å². The zero-order valence-electron chi connectivity index (χ0n) is 10.9. The predicted octanol–water partition coefficient (Wildman–Crippen LogP) is 2.51. The smallest absolute Gasteiger partial charge is 0.346 e. The zero-order chi connectivity index (χ0) is 13.9. The van der Waals surface area contributed by atoms with Crippen LogP contribution in [-0.2, 0) is 9.53 Å². The SMILES string of the molecule is COC(C)(C)CC(=O)Nc1cc(C)c(C(=O)O)s1. The molecule has 1 heterocycles. The Hall–Kier alpha value is -1.40. The second kappa shape index (κ2) is 5.49. The number of aryl methyl sites for hydroxylation is 1. The third-order valence-corrected chi connectivity index (χ3v) is 3.65. The van der Waals surface area contributed by atoms with Crippen molar-refractivity contribution in [1.29, 1.82) is 0 Å². The Bertz CT molecular complexity index is 465. The van der Waals surface area contributed by atoms with Crippen LogP contribution in [0.5, 0.6) is 0 Å². The van der Waals surface area contributed by atoms with Crippen LogP contribution in [0.4, 0.5) is 5.00 Å². The van der Waals surface area contributed by atoms with E-state index in [-0.39, 0.29) is 17.2 Å². The average molecular weight is 271 g/mol.